The molecule has 1 aromatic carbocycles. The molecule has 2 N–H and O–H groups in total. The number of ether oxygens (including phenoxy) is 2. The second-order valence-corrected chi connectivity index (χ2v) is 3.55. The van der Waals surface area contributed by atoms with Crippen molar-refractivity contribution in [2.45, 2.75) is 18.9 Å². The van der Waals surface area contributed by atoms with Crippen LogP contribution in [0.1, 0.15) is 24.5 Å². The smallest absolute Gasteiger partial charge is 0.165 e. The van der Waals surface area contributed by atoms with Gasteiger partial charge in [0.25, 0.3) is 0 Å². The Morgan fingerprint density at radius 3 is 2.62 bits per heavy atom. The van der Waals surface area contributed by atoms with E-state index in [1.54, 1.807) is 13.2 Å². The molecule has 1 unspecified atom stereocenters. The predicted octanol–water partition coefficient (Wildman–Crippen LogP) is 2.26. The molecule has 0 radical (unpaired) electrons. The van der Waals surface area contributed by atoms with Gasteiger partial charge in [-0.15, -0.1) is 0 Å². The summed E-state index contributed by atoms with van der Waals surface area (Å²) in [5, 5.41) is 0. The Labute approximate surface area is 95.4 Å². The molecule has 0 aliphatic heterocycles. The molecular formula is C12H18FNO2. The highest BCUT2D eigenvalue weighted by Crippen LogP contribution is 2.26. The third-order valence-electron chi connectivity index (χ3n) is 2.50. The van der Waals surface area contributed by atoms with Crippen molar-refractivity contribution >= 4 is 0 Å². The second kappa shape index (κ2) is 6.45. The first kappa shape index (κ1) is 12.9. The Bertz CT molecular complexity index is 331. The van der Waals surface area contributed by atoms with Gasteiger partial charge in [0.15, 0.2) is 11.6 Å². The molecule has 0 fully saturated rings. The number of benzene rings is 1. The zero-order valence-corrected chi connectivity index (χ0v) is 9.70. The molecule has 0 bridgehead atoms. The summed E-state index contributed by atoms with van der Waals surface area (Å²) < 4.78 is 23.6. The minimum Gasteiger partial charge on any atom is -0.494 e. The van der Waals surface area contributed by atoms with Crippen molar-refractivity contribution in [3.63, 3.8) is 0 Å². The highest BCUT2D eigenvalue weighted by Gasteiger charge is 2.12. The predicted molar refractivity (Wildman–Crippen MR) is 61.0 cm³/mol. The number of methoxy groups -OCH3 is 2. The minimum atomic E-state index is -0.366. The van der Waals surface area contributed by atoms with Crippen LogP contribution in [0.25, 0.3) is 0 Å². The molecule has 0 aromatic heterocycles. The first-order valence-electron chi connectivity index (χ1n) is 5.29. The molecule has 90 valence electrons. The van der Waals surface area contributed by atoms with Crippen LogP contribution >= 0.6 is 0 Å². The van der Waals surface area contributed by atoms with Gasteiger partial charge in [-0.2, -0.15) is 0 Å². The molecule has 1 rings (SSSR count). The maximum Gasteiger partial charge on any atom is 0.165 e. The standard InChI is InChI=1S/C12H18FNO2/c1-15-11(4-3-7-14)9-5-6-12(16-2)10(13)8-9/h5-6,8,11H,3-4,7,14H2,1-2H3. The molecule has 0 saturated heterocycles. The average Bonchev–Trinajstić information content (AvgIpc) is 2.30. The summed E-state index contributed by atoms with van der Waals surface area (Å²) in [5.41, 5.74) is 6.25. The van der Waals surface area contributed by atoms with Gasteiger partial charge in [0, 0.05) is 7.11 Å². The Hall–Kier alpha value is -1.13. The Morgan fingerprint density at radius 1 is 1.38 bits per heavy atom. The molecule has 0 aliphatic rings. The molecule has 3 nitrogen and oxygen atoms in total. The van der Waals surface area contributed by atoms with E-state index in [-0.39, 0.29) is 17.7 Å². The minimum absolute atomic E-state index is 0.107. The lowest BCUT2D eigenvalue weighted by Crippen LogP contribution is -2.06. The fourth-order valence-corrected chi connectivity index (χ4v) is 1.61. The number of hydrogen-bond donors (Lipinski definition) is 1. The van der Waals surface area contributed by atoms with Crippen LogP contribution < -0.4 is 10.5 Å². The molecule has 0 aliphatic carbocycles. The van der Waals surface area contributed by atoms with Gasteiger partial charge in [0.05, 0.1) is 13.2 Å². The lowest BCUT2D eigenvalue weighted by molar-refractivity contribution is 0.0940. The molecule has 1 aromatic rings. The lowest BCUT2D eigenvalue weighted by Gasteiger charge is -2.16. The van der Waals surface area contributed by atoms with Crippen LogP contribution in [-0.2, 0) is 4.74 Å². The summed E-state index contributed by atoms with van der Waals surface area (Å²) in [5.74, 6) is -0.118. The van der Waals surface area contributed by atoms with Crippen LogP contribution in [0, 0.1) is 5.82 Å². The summed E-state index contributed by atoms with van der Waals surface area (Å²) in [6.07, 6.45) is 1.54. The van der Waals surface area contributed by atoms with Crippen molar-refractivity contribution in [1.29, 1.82) is 0 Å². The highest BCUT2D eigenvalue weighted by atomic mass is 19.1. The van der Waals surface area contributed by atoms with Crippen LogP contribution in [0.3, 0.4) is 0 Å². The fraction of sp³-hybridized carbons (Fsp3) is 0.500. The summed E-state index contributed by atoms with van der Waals surface area (Å²) in [4.78, 5) is 0. The molecule has 4 heteroatoms. The molecule has 0 saturated carbocycles. The zero-order chi connectivity index (χ0) is 12.0. The summed E-state index contributed by atoms with van der Waals surface area (Å²) in [7, 11) is 3.06. The van der Waals surface area contributed by atoms with Crippen molar-refractivity contribution in [3.05, 3.63) is 29.6 Å². The summed E-state index contributed by atoms with van der Waals surface area (Å²) in [6, 6.07) is 4.87. The van der Waals surface area contributed by atoms with Crippen LogP contribution in [0.15, 0.2) is 18.2 Å². The van der Waals surface area contributed by atoms with Crippen molar-refractivity contribution in [3.8, 4) is 5.75 Å². The van der Waals surface area contributed by atoms with E-state index in [9.17, 15) is 4.39 Å². The largest absolute Gasteiger partial charge is 0.494 e. The van der Waals surface area contributed by atoms with Gasteiger partial charge in [-0.3, -0.25) is 0 Å². The van der Waals surface area contributed by atoms with Gasteiger partial charge in [-0.25, -0.2) is 4.39 Å². The molecule has 0 spiro atoms. The van der Waals surface area contributed by atoms with E-state index in [2.05, 4.69) is 0 Å². The SMILES string of the molecule is COc1ccc(C(CCCN)OC)cc1F. The van der Waals surface area contributed by atoms with Crippen LogP contribution in [0.4, 0.5) is 4.39 Å². The van der Waals surface area contributed by atoms with Crippen molar-refractivity contribution in [1.82, 2.24) is 0 Å². The van der Waals surface area contributed by atoms with Gasteiger partial charge < -0.3 is 15.2 Å². The van der Waals surface area contributed by atoms with E-state index in [0.29, 0.717) is 6.54 Å². The fourth-order valence-electron chi connectivity index (χ4n) is 1.61. The van der Waals surface area contributed by atoms with E-state index in [4.69, 9.17) is 15.2 Å². The molecule has 16 heavy (non-hydrogen) atoms. The number of halogens is 1. The first-order valence-corrected chi connectivity index (χ1v) is 5.29. The van der Waals surface area contributed by atoms with E-state index < -0.39 is 0 Å². The summed E-state index contributed by atoms with van der Waals surface area (Å²) >= 11 is 0. The highest BCUT2D eigenvalue weighted by molar-refractivity contribution is 5.30. The van der Waals surface area contributed by atoms with Gasteiger partial charge in [-0.05, 0) is 37.1 Å². The maximum atomic E-state index is 13.5. The molecule has 1 atom stereocenters. The maximum absolute atomic E-state index is 13.5. The Balaban J connectivity index is 2.80. The van der Waals surface area contributed by atoms with Crippen LogP contribution in [-0.4, -0.2) is 20.8 Å². The monoisotopic (exact) mass is 227 g/mol. The number of hydrogen-bond acceptors (Lipinski definition) is 3. The van der Waals surface area contributed by atoms with Gasteiger partial charge in [0.2, 0.25) is 0 Å². The van der Waals surface area contributed by atoms with Crippen molar-refractivity contribution < 1.29 is 13.9 Å². The topological polar surface area (TPSA) is 44.5 Å². The quantitative estimate of drug-likeness (QED) is 0.810. The third-order valence-corrected chi connectivity index (χ3v) is 2.50. The van der Waals surface area contributed by atoms with Crippen molar-refractivity contribution in [2.75, 3.05) is 20.8 Å². The second-order valence-electron chi connectivity index (χ2n) is 3.55. The molecule has 0 heterocycles. The molecule has 0 amide bonds. The van der Waals surface area contributed by atoms with E-state index in [1.807, 2.05) is 6.07 Å². The van der Waals surface area contributed by atoms with Crippen LogP contribution in [0.2, 0.25) is 0 Å². The van der Waals surface area contributed by atoms with Crippen LogP contribution in [0.5, 0.6) is 5.75 Å². The molecular weight excluding hydrogens is 209 g/mol. The Kier molecular flexibility index (Phi) is 5.22. The van der Waals surface area contributed by atoms with E-state index in [0.717, 1.165) is 18.4 Å². The van der Waals surface area contributed by atoms with E-state index in [1.165, 1.54) is 13.2 Å². The number of nitrogens with two attached hydrogens (primary N) is 1. The third kappa shape index (κ3) is 3.18. The van der Waals surface area contributed by atoms with Gasteiger partial charge in [0.1, 0.15) is 0 Å². The van der Waals surface area contributed by atoms with Gasteiger partial charge >= 0.3 is 0 Å². The lowest BCUT2D eigenvalue weighted by atomic mass is 10.0. The van der Waals surface area contributed by atoms with E-state index >= 15 is 0 Å². The first-order chi connectivity index (χ1) is 7.72. The zero-order valence-electron chi connectivity index (χ0n) is 9.70. The van der Waals surface area contributed by atoms with Crippen molar-refractivity contribution in [2.24, 2.45) is 5.73 Å². The Morgan fingerprint density at radius 2 is 2.12 bits per heavy atom. The van der Waals surface area contributed by atoms with Gasteiger partial charge in [-0.1, -0.05) is 6.07 Å². The summed E-state index contributed by atoms with van der Waals surface area (Å²) in [6.45, 7) is 0.610. The average molecular weight is 227 g/mol. The normalized spacial score (nSPS) is 12.5. The number of rotatable bonds is 6.